The van der Waals surface area contributed by atoms with Crippen LogP contribution in [-0.2, 0) is 6.42 Å². The lowest BCUT2D eigenvalue weighted by Crippen LogP contribution is -2.04. The third kappa shape index (κ3) is 2.59. The second kappa shape index (κ2) is 5.04. The average Bonchev–Trinajstić information content (AvgIpc) is 2.74. The van der Waals surface area contributed by atoms with Gasteiger partial charge in [-0.15, -0.1) is 0 Å². The molecule has 0 atom stereocenters. The van der Waals surface area contributed by atoms with E-state index in [1.165, 1.54) is 6.20 Å². The molecule has 0 unspecified atom stereocenters. The molecule has 0 aliphatic rings. The van der Waals surface area contributed by atoms with Crippen LogP contribution < -0.4 is 5.73 Å². The molecule has 1 heterocycles. The smallest absolute Gasteiger partial charge is 0.198 e. The number of anilines is 1. The predicted octanol–water partition coefficient (Wildman–Crippen LogP) is 2.42. The van der Waals surface area contributed by atoms with Gasteiger partial charge in [0.1, 0.15) is 5.82 Å². The van der Waals surface area contributed by atoms with Gasteiger partial charge in [-0.1, -0.05) is 32.0 Å². The molecule has 0 aliphatic carbocycles. The van der Waals surface area contributed by atoms with Gasteiger partial charge in [0.05, 0.1) is 11.8 Å². The largest absolute Gasteiger partial charge is 0.383 e. The van der Waals surface area contributed by atoms with Crippen molar-refractivity contribution in [2.24, 2.45) is 5.92 Å². The van der Waals surface area contributed by atoms with E-state index in [4.69, 9.17) is 5.73 Å². The number of H-pyrrole nitrogens is 1. The number of carbonyl (C=O) groups is 1. The van der Waals surface area contributed by atoms with E-state index >= 15 is 0 Å². The van der Waals surface area contributed by atoms with Crippen molar-refractivity contribution in [2.75, 3.05) is 5.73 Å². The molecule has 0 spiro atoms. The van der Waals surface area contributed by atoms with Crippen LogP contribution in [0.4, 0.5) is 5.82 Å². The van der Waals surface area contributed by atoms with Gasteiger partial charge in [0.2, 0.25) is 0 Å². The molecule has 0 amide bonds. The van der Waals surface area contributed by atoms with E-state index in [1.54, 1.807) is 6.07 Å². The summed E-state index contributed by atoms with van der Waals surface area (Å²) in [5.41, 5.74) is 7.90. The number of aromatic nitrogens is 2. The highest BCUT2D eigenvalue weighted by atomic mass is 16.1. The molecule has 2 aromatic rings. The maximum absolute atomic E-state index is 12.2. The predicted molar refractivity (Wildman–Crippen MR) is 71.4 cm³/mol. The fraction of sp³-hybridized carbons (Fsp3) is 0.286. The molecule has 1 aromatic carbocycles. The molecule has 94 valence electrons. The number of hydrogen-bond donors (Lipinski definition) is 2. The molecule has 2 rings (SSSR count). The van der Waals surface area contributed by atoms with E-state index < -0.39 is 0 Å². The minimum atomic E-state index is -0.0909. The highest BCUT2D eigenvalue weighted by Gasteiger charge is 2.14. The summed E-state index contributed by atoms with van der Waals surface area (Å²) in [6.07, 6.45) is 2.43. The van der Waals surface area contributed by atoms with Crippen LogP contribution in [-0.4, -0.2) is 16.0 Å². The molecule has 0 fully saturated rings. The minimum Gasteiger partial charge on any atom is -0.383 e. The molecule has 1 aromatic heterocycles. The monoisotopic (exact) mass is 243 g/mol. The fourth-order valence-electron chi connectivity index (χ4n) is 1.94. The van der Waals surface area contributed by atoms with Crippen molar-refractivity contribution in [3.05, 3.63) is 47.2 Å². The Balaban J connectivity index is 2.29. The number of nitrogens with one attached hydrogen (secondary N) is 1. The lowest BCUT2D eigenvalue weighted by molar-refractivity contribution is 0.103. The number of rotatable bonds is 4. The van der Waals surface area contributed by atoms with Crippen molar-refractivity contribution in [3.8, 4) is 0 Å². The lowest BCUT2D eigenvalue weighted by Gasteiger charge is -2.06. The van der Waals surface area contributed by atoms with Crippen LogP contribution in [0.15, 0.2) is 30.5 Å². The summed E-state index contributed by atoms with van der Waals surface area (Å²) in [7, 11) is 0. The van der Waals surface area contributed by atoms with Gasteiger partial charge in [0, 0.05) is 5.56 Å². The third-order valence-corrected chi connectivity index (χ3v) is 2.75. The lowest BCUT2D eigenvalue weighted by atomic mass is 9.98. The Morgan fingerprint density at radius 2 is 2.22 bits per heavy atom. The van der Waals surface area contributed by atoms with Gasteiger partial charge < -0.3 is 5.73 Å². The van der Waals surface area contributed by atoms with E-state index in [9.17, 15) is 4.79 Å². The first-order valence-corrected chi connectivity index (χ1v) is 6.00. The molecule has 0 saturated carbocycles. The highest BCUT2D eigenvalue weighted by Crippen LogP contribution is 2.16. The Morgan fingerprint density at radius 3 is 2.83 bits per heavy atom. The Bertz CT molecular complexity index is 558. The van der Waals surface area contributed by atoms with Gasteiger partial charge >= 0.3 is 0 Å². The van der Waals surface area contributed by atoms with E-state index in [0.29, 0.717) is 22.9 Å². The number of carbonyl (C=O) groups excluding carboxylic acids is 1. The topological polar surface area (TPSA) is 71.8 Å². The zero-order valence-corrected chi connectivity index (χ0v) is 10.6. The van der Waals surface area contributed by atoms with Gasteiger partial charge in [-0.25, -0.2) is 0 Å². The maximum Gasteiger partial charge on any atom is 0.198 e. The normalized spacial score (nSPS) is 10.8. The van der Waals surface area contributed by atoms with Gasteiger partial charge in [0.25, 0.3) is 0 Å². The maximum atomic E-state index is 12.2. The van der Waals surface area contributed by atoms with Crippen molar-refractivity contribution >= 4 is 11.6 Å². The van der Waals surface area contributed by atoms with Crippen LogP contribution in [0.2, 0.25) is 0 Å². The van der Waals surface area contributed by atoms with Crippen LogP contribution >= 0.6 is 0 Å². The van der Waals surface area contributed by atoms with Crippen molar-refractivity contribution in [2.45, 2.75) is 20.3 Å². The Labute approximate surface area is 106 Å². The SMILES string of the molecule is CC(C)Cc1cccc(C(=O)c2cn[nH]c2N)c1. The zero-order chi connectivity index (χ0) is 13.1. The Hall–Kier alpha value is -2.10. The van der Waals surface area contributed by atoms with Crippen LogP contribution in [0.5, 0.6) is 0 Å². The number of aromatic amines is 1. The first-order chi connectivity index (χ1) is 8.58. The molecule has 0 aliphatic heterocycles. The van der Waals surface area contributed by atoms with Crippen LogP contribution in [0.25, 0.3) is 0 Å². The third-order valence-electron chi connectivity index (χ3n) is 2.75. The summed E-state index contributed by atoms with van der Waals surface area (Å²) < 4.78 is 0. The van der Waals surface area contributed by atoms with E-state index in [-0.39, 0.29) is 5.78 Å². The molecule has 0 saturated heterocycles. The summed E-state index contributed by atoms with van der Waals surface area (Å²) in [5, 5.41) is 6.34. The Kier molecular flexibility index (Phi) is 3.46. The van der Waals surface area contributed by atoms with Crippen molar-refractivity contribution in [3.63, 3.8) is 0 Å². The molecule has 0 bridgehead atoms. The summed E-state index contributed by atoms with van der Waals surface area (Å²) in [5.74, 6) is 0.787. The number of benzene rings is 1. The number of hydrogen-bond acceptors (Lipinski definition) is 3. The standard InChI is InChI=1S/C14H17N3O/c1-9(2)6-10-4-3-5-11(7-10)13(18)12-8-16-17-14(12)15/h3-5,7-9H,6H2,1-2H3,(H3,15,16,17). The highest BCUT2D eigenvalue weighted by molar-refractivity contribution is 6.11. The van der Waals surface area contributed by atoms with Crippen molar-refractivity contribution in [1.29, 1.82) is 0 Å². The van der Waals surface area contributed by atoms with Gasteiger partial charge in [0.15, 0.2) is 5.78 Å². The fourth-order valence-corrected chi connectivity index (χ4v) is 1.94. The number of nitrogens with zero attached hydrogens (tertiary/aromatic N) is 1. The second-order valence-electron chi connectivity index (χ2n) is 4.82. The molecule has 0 radical (unpaired) electrons. The van der Waals surface area contributed by atoms with Crippen LogP contribution in [0, 0.1) is 5.92 Å². The average molecular weight is 243 g/mol. The summed E-state index contributed by atoms with van der Waals surface area (Å²) in [4.78, 5) is 12.2. The van der Waals surface area contributed by atoms with Gasteiger partial charge in [-0.3, -0.25) is 9.89 Å². The number of ketones is 1. The second-order valence-corrected chi connectivity index (χ2v) is 4.82. The van der Waals surface area contributed by atoms with Crippen LogP contribution in [0.1, 0.15) is 35.3 Å². The zero-order valence-electron chi connectivity index (χ0n) is 10.6. The Morgan fingerprint density at radius 1 is 1.44 bits per heavy atom. The van der Waals surface area contributed by atoms with Gasteiger partial charge in [-0.2, -0.15) is 5.10 Å². The summed E-state index contributed by atoms with van der Waals surface area (Å²) >= 11 is 0. The molecule has 18 heavy (non-hydrogen) atoms. The number of nitrogens with two attached hydrogens (primary N) is 1. The molecular weight excluding hydrogens is 226 g/mol. The van der Waals surface area contributed by atoms with Gasteiger partial charge in [-0.05, 0) is 24.0 Å². The first kappa shape index (κ1) is 12.4. The molecule has 4 heteroatoms. The van der Waals surface area contributed by atoms with Crippen LogP contribution in [0.3, 0.4) is 0 Å². The summed E-state index contributed by atoms with van der Waals surface area (Å²) in [6.45, 7) is 4.31. The number of nitrogen functional groups attached to an aromatic ring is 1. The van der Waals surface area contributed by atoms with E-state index in [2.05, 4.69) is 24.0 Å². The van der Waals surface area contributed by atoms with E-state index in [1.807, 2.05) is 18.2 Å². The quantitative estimate of drug-likeness (QED) is 0.810. The molecule has 3 N–H and O–H groups in total. The van der Waals surface area contributed by atoms with Crippen molar-refractivity contribution in [1.82, 2.24) is 10.2 Å². The summed E-state index contributed by atoms with van der Waals surface area (Å²) in [6, 6.07) is 7.67. The molecular formula is C14H17N3O. The first-order valence-electron chi connectivity index (χ1n) is 6.00. The molecule has 4 nitrogen and oxygen atoms in total. The van der Waals surface area contributed by atoms with Crippen molar-refractivity contribution < 1.29 is 4.79 Å². The minimum absolute atomic E-state index is 0.0909. The van der Waals surface area contributed by atoms with E-state index in [0.717, 1.165) is 12.0 Å².